The Morgan fingerprint density at radius 2 is 2.00 bits per heavy atom. The number of aliphatic hydroxyl groups excluding tert-OH is 1. The minimum atomic E-state index is 0.0213. The summed E-state index contributed by atoms with van der Waals surface area (Å²) in [5, 5.41) is 17.9. The minimum Gasteiger partial charge on any atom is -0.509 e. The molecule has 2 aromatic rings. The van der Waals surface area contributed by atoms with Crippen LogP contribution < -0.4 is 9.47 Å². The van der Waals surface area contributed by atoms with Crippen LogP contribution in [0.3, 0.4) is 0 Å². The van der Waals surface area contributed by atoms with Gasteiger partial charge >= 0.3 is 0 Å². The molecule has 5 nitrogen and oxygen atoms in total. The molecule has 2 aromatic carbocycles. The molecule has 0 amide bonds. The number of aliphatic hydroxyl groups is 1. The number of fused-ring (bicyclic) bond motifs is 1. The third-order valence-corrected chi connectivity index (χ3v) is 7.22. The van der Waals surface area contributed by atoms with Gasteiger partial charge in [0.15, 0.2) is 0 Å². The fraction of sp³-hybridized carbons (Fsp3) is 0.407. The van der Waals surface area contributed by atoms with Crippen LogP contribution in [0.25, 0.3) is 0 Å². The molecule has 0 spiro atoms. The van der Waals surface area contributed by atoms with Gasteiger partial charge in [-0.1, -0.05) is 31.7 Å². The van der Waals surface area contributed by atoms with E-state index in [9.17, 15) is 5.11 Å². The Hall–Kier alpha value is -2.57. The lowest BCUT2D eigenvalue weighted by molar-refractivity contribution is 0.193. The first-order valence-electron chi connectivity index (χ1n) is 11.5. The van der Waals surface area contributed by atoms with Gasteiger partial charge in [0.25, 0.3) is 0 Å². The van der Waals surface area contributed by atoms with E-state index in [2.05, 4.69) is 37.5 Å². The first-order valence-corrected chi connectivity index (χ1v) is 12.5. The predicted octanol–water partition coefficient (Wildman–Crippen LogP) is 6.36. The standard InChI is InChI=1S/C22H27NO3S.C5H8O/c1-15-9-10-23(16(15)2)11-12-25-19-6-3-17(4-7-19)21-14-27-22-13-18(24)5-8-20(22)26-21;1-3-4-5(2)6/h3-8,13,15-16,21,24H,9-12,14H2,1-2H3;3-4,6H,2H2,1H3/b;4-3-/t15-,16+,21+;/m0./s1. The second kappa shape index (κ2) is 12.1. The van der Waals surface area contributed by atoms with Crippen molar-refractivity contribution in [1.82, 2.24) is 4.90 Å². The fourth-order valence-corrected chi connectivity index (χ4v) is 5.02. The van der Waals surface area contributed by atoms with Gasteiger partial charge in [0.2, 0.25) is 0 Å². The molecule has 178 valence electrons. The third-order valence-electron chi connectivity index (χ3n) is 6.12. The van der Waals surface area contributed by atoms with Gasteiger partial charge in [-0.25, -0.2) is 0 Å². The lowest BCUT2D eigenvalue weighted by atomic mass is 10.1. The lowest BCUT2D eigenvalue weighted by Crippen LogP contribution is -2.33. The zero-order chi connectivity index (χ0) is 23.8. The van der Waals surface area contributed by atoms with E-state index >= 15 is 0 Å². The first-order chi connectivity index (χ1) is 15.9. The van der Waals surface area contributed by atoms with Gasteiger partial charge in [-0.2, -0.15) is 0 Å². The van der Waals surface area contributed by atoms with Crippen molar-refractivity contribution in [2.75, 3.05) is 25.4 Å². The molecular formula is C27H35NO4S. The van der Waals surface area contributed by atoms with Crippen LogP contribution in [-0.4, -0.2) is 46.6 Å². The molecular weight excluding hydrogens is 434 g/mol. The van der Waals surface area contributed by atoms with Crippen LogP contribution in [0.4, 0.5) is 0 Å². The molecule has 0 aromatic heterocycles. The molecule has 0 bridgehead atoms. The summed E-state index contributed by atoms with van der Waals surface area (Å²) >= 11 is 1.72. The van der Waals surface area contributed by atoms with Crippen LogP contribution in [0.2, 0.25) is 0 Å². The zero-order valence-electron chi connectivity index (χ0n) is 19.7. The molecule has 3 atom stereocenters. The van der Waals surface area contributed by atoms with Crippen LogP contribution >= 0.6 is 11.8 Å². The Balaban J connectivity index is 0.000000454. The van der Waals surface area contributed by atoms with E-state index in [1.807, 2.05) is 25.1 Å². The van der Waals surface area contributed by atoms with Gasteiger partial charge in [0.05, 0.1) is 4.90 Å². The number of thioether (sulfide) groups is 1. The highest BCUT2D eigenvalue weighted by atomic mass is 32.2. The molecule has 0 aliphatic carbocycles. The normalized spacial score (nSPS) is 22.2. The average Bonchev–Trinajstić information content (AvgIpc) is 3.12. The van der Waals surface area contributed by atoms with Gasteiger partial charge in [0.1, 0.15) is 35.7 Å². The molecule has 2 aliphatic heterocycles. The van der Waals surface area contributed by atoms with Gasteiger partial charge in [-0.15, -0.1) is 11.8 Å². The van der Waals surface area contributed by atoms with Crippen LogP contribution in [0.15, 0.2) is 71.9 Å². The quantitative estimate of drug-likeness (QED) is 0.379. The summed E-state index contributed by atoms with van der Waals surface area (Å²) in [5.41, 5.74) is 1.15. The molecule has 0 saturated carbocycles. The number of phenols is 1. The van der Waals surface area contributed by atoms with E-state index < -0.39 is 0 Å². The molecule has 1 fully saturated rings. The highest BCUT2D eigenvalue weighted by molar-refractivity contribution is 7.99. The van der Waals surface area contributed by atoms with Crippen LogP contribution in [0.1, 0.15) is 38.9 Å². The smallest absolute Gasteiger partial charge is 0.134 e. The summed E-state index contributed by atoms with van der Waals surface area (Å²) in [7, 11) is 0. The lowest BCUT2D eigenvalue weighted by Gasteiger charge is -2.26. The average molecular weight is 470 g/mol. The predicted molar refractivity (Wildman–Crippen MR) is 136 cm³/mol. The SMILES string of the molecule is C=C(O)/C=C\C.C[C@@H]1[C@@H](C)CCN1CCOc1ccc([C@H]2CSc3cc(O)ccc3O2)cc1. The first kappa shape index (κ1) is 25.1. The molecule has 2 N–H and O–H groups in total. The van der Waals surface area contributed by atoms with Crippen molar-refractivity contribution >= 4 is 11.8 Å². The van der Waals surface area contributed by atoms with Gasteiger partial charge < -0.3 is 19.7 Å². The number of allylic oxidation sites excluding steroid dienone is 2. The third kappa shape index (κ3) is 7.21. The monoisotopic (exact) mass is 469 g/mol. The maximum absolute atomic E-state index is 9.58. The van der Waals surface area contributed by atoms with E-state index in [0.717, 1.165) is 46.8 Å². The molecule has 1 saturated heterocycles. The summed E-state index contributed by atoms with van der Waals surface area (Å²) in [6.07, 6.45) is 4.56. The Bertz CT molecular complexity index is 944. The second-order valence-corrected chi connectivity index (χ2v) is 9.56. The largest absolute Gasteiger partial charge is 0.509 e. The molecule has 6 heteroatoms. The van der Waals surface area contributed by atoms with Crippen molar-refractivity contribution in [3.8, 4) is 17.2 Å². The van der Waals surface area contributed by atoms with Crippen LogP contribution in [0, 0.1) is 5.92 Å². The van der Waals surface area contributed by atoms with Gasteiger partial charge in [0, 0.05) is 18.3 Å². The van der Waals surface area contributed by atoms with Crippen LogP contribution in [0.5, 0.6) is 17.2 Å². The molecule has 2 aliphatic rings. The highest BCUT2D eigenvalue weighted by Gasteiger charge is 2.26. The summed E-state index contributed by atoms with van der Waals surface area (Å²) in [5.74, 6) is 3.75. The number of hydrogen-bond acceptors (Lipinski definition) is 6. The van der Waals surface area contributed by atoms with Gasteiger partial charge in [-0.05, 0) is 74.7 Å². The van der Waals surface area contributed by atoms with Crippen molar-refractivity contribution in [1.29, 1.82) is 0 Å². The zero-order valence-corrected chi connectivity index (χ0v) is 20.6. The summed E-state index contributed by atoms with van der Waals surface area (Å²) in [4.78, 5) is 3.51. The van der Waals surface area contributed by atoms with Crippen LogP contribution in [-0.2, 0) is 0 Å². The number of phenolic OH excluding ortho intramolecular Hbond substituents is 1. The Morgan fingerprint density at radius 3 is 2.61 bits per heavy atom. The fourth-order valence-electron chi connectivity index (χ4n) is 3.97. The van der Waals surface area contributed by atoms with Crippen molar-refractivity contribution < 1.29 is 19.7 Å². The van der Waals surface area contributed by atoms with E-state index in [0.29, 0.717) is 6.04 Å². The van der Waals surface area contributed by atoms with Crippen molar-refractivity contribution in [3.63, 3.8) is 0 Å². The number of rotatable bonds is 6. The Kier molecular flexibility index (Phi) is 9.15. The minimum absolute atomic E-state index is 0.0213. The maximum atomic E-state index is 9.58. The molecule has 2 heterocycles. The molecule has 4 rings (SSSR count). The number of benzene rings is 2. The van der Waals surface area contributed by atoms with Crippen molar-refractivity contribution in [2.24, 2.45) is 5.92 Å². The number of aromatic hydroxyl groups is 1. The molecule has 0 unspecified atom stereocenters. The number of nitrogens with zero attached hydrogens (tertiary/aromatic N) is 1. The number of ether oxygens (including phenoxy) is 2. The van der Waals surface area contributed by atoms with Crippen molar-refractivity contribution in [2.45, 2.75) is 44.2 Å². The summed E-state index contributed by atoms with van der Waals surface area (Å²) in [6, 6.07) is 14.2. The molecule has 0 radical (unpaired) electrons. The Morgan fingerprint density at radius 1 is 1.24 bits per heavy atom. The van der Waals surface area contributed by atoms with E-state index in [1.165, 1.54) is 19.0 Å². The molecule has 33 heavy (non-hydrogen) atoms. The van der Waals surface area contributed by atoms with Gasteiger partial charge in [-0.3, -0.25) is 4.90 Å². The number of hydrogen-bond donors (Lipinski definition) is 2. The Labute approximate surface area is 201 Å². The maximum Gasteiger partial charge on any atom is 0.134 e. The van der Waals surface area contributed by atoms with Crippen molar-refractivity contribution in [3.05, 3.63) is 72.5 Å². The second-order valence-electron chi connectivity index (χ2n) is 8.50. The summed E-state index contributed by atoms with van der Waals surface area (Å²) < 4.78 is 12.1. The highest BCUT2D eigenvalue weighted by Crippen LogP contribution is 2.42. The van der Waals surface area contributed by atoms with E-state index in [4.69, 9.17) is 14.6 Å². The number of likely N-dealkylation sites (tertiary alicyclic amines) is 1. The topological polar surface area (TPSA) is 62.2 Å². The van der Waals surface area contributed by atoms with E-state index in [1.54, 1.807) is 30.0 Å². The summed E-state index contributed by atoms with van der Waals surface area (Å²) in [6.45, 7) is 12.6. The van der Waals surface area contributed by atoms with E-state index in [-0.39, 0.29) is 17.6 Å².